The van der Waals surface area contributed by atoms with Crippen molar-refractivity contribution in [1.29, 1.82) is 0 Å². The van der Waals surface area contributed by atoms with E-state index in [4.69, 9.17) is 10.5 Å². The summed E-state index contributed by atoms with van der Waals surface area (Å²) in [7, 11) is 0. The first-order valence-corrected chi connectivity index (χ1v) is 6.53. The van der Waals surface area contributed by atoms with Crippen molar-refractivity contribution >= 4 is 17.5 Å². The number of anilines is 2. The Morgan fingerprint density at radius 3 is 2.68 bits per heavy atom. The van der Waals surface area contributed by atoms with Gasteiger partial charge < -0.3 is 15.4 Å². The summed E-state index contributed by atoms with van der Waals surface area (Å²) >= 11 is 0. The number of nitrogens with two attached hydrogens (primary N) is 1. The van der Waals surface area contributed by atoms with Gasteiger partial charge in [-0.25, -0.2) is 4.98 Å². The summed E-state index contributed by atoms with van der Waals surface area (Å²) in [4.78, 5) is 19.8. The van der Waals surface area contributed by atoms with Gasteiger partial charge in [0.1, 0.15) is 5.82 Å². The van der Waals surface area contributed by atoms with Crippen LogP contribution in [0.4, 0.5) is 11.5 Å². The van der Waals surface area contributed by atoms with Gasteiger partial charge in [0.2, 0.25) is 0 Å². The van der Waals surface area contributed by atoms with Gasteiger partial charge >= 0.3 is 5.97 Å². The molecular formula is C13H20N4O2. The molecule has 104 valence electrons. The van der Waals surface area contributed by atoms with Gasteiger partial charge in [-0.3, -0.25) is 9.69 Å². The monoisotopic (exact) mass is 264 g/mol. The second-order valence-corrected chi connectivity index (χ2v) is 4.51. The van der Waals surface area contributed by atoms with E-state index in [1.807, 2.05) is 13.0 Å². The molecule has 0 saturated carbocycles. The van der Waals surface area contributed by atoms with Crippen molar-refractivity contribution in [2.75, 3.05) is 50.0 Å². The minimum absolute atomic E-state index is 0.148. The average Bonchev–Trinajstić information content (AvgIpc) is 2.41. The van der Waals surface area contributed by atoms with Gasteiger partial charge in [-0.1, -0.05) is 0 Å². The number of pyridine rings is 1. The van der Waals surface area contributed by atoms with E-state index in [2.05, 4.69) is 14.8 Å². The first kappa shape index (κ1) is 13.6. The van der Waals surface area contributed by atoms with Crippen molar-refractivity contribution in [2.45, 2.75) is 6.92 Å². The Morgan fingerprint density at radius 2 is 2.11 bits per heavy atom. The van der Waals surface area contributed by atoms with Crippen LogP contribution in [-0.4, -0.2) is 55.2 Å². The molecule has 0 spiro atoms. The van der Waals surface area contributed by atoms with Crippen LogP contribution in [0.5, 0.6) is 0 Å². The Hall–Kier alpha value is -1.82. The second-order valence-electron chi connectivity index (χ2n) is 4.51. The van der Waals surface area contributed by atoms with Crippen LogP contribution < -0.4 is 10.6 Å². The molecule has 2 N–H and O–H groups in total. The van der Waals surface area contributed by atoms with Crippen LogP contribution in [0.1, 0.15) is 6.92 Å². The quantitative estimate of drug-likeness (QED) is 0.791. The normalized spacial score (nSPS) is 16.4. The number of hydrogen-bond acceptors (Lipinski definition) is 6. The Labute approximate surface area is 113 Å². The number of carbonyl (C=O) groups is 1. The van der Waals surface area contributed by atoms with E-state index >= 15 is 0 Å². The molecule has 0 radical (unpaired) electrons. The van der Waals surface area contributed by atoms with Gasteiger partial charge in [-0.2, -0.15) is 0 Å². The number of ether oxygens (including phenoxy) is 1. The molecule has 6 nitrogen and oxygen atoms in total. The molecule has 0 aromatic carbocycles. The van der Waals surface area contributed by atoms with E-state index in [1.165, 1.54) is 0 Å². The second kappa shape index (κ2) is 6.38. The molecule has 6 heteroatoms. The predicted molar refractivity (Wildman–Crippen MR) is 73.9 cm³/mol. The summed E-state index contributed by atoms with van der Waals surface area (Å²) < 4.78 is 4.95. The molecule has 0 atom stereocenters. The SMILES string of the molecule is CCOC(=O)CN1CCN(c2ccc(N)nc2)CC1. The predicted octanol–water partition coefficient (Wildman–Crippen LogP) is 0.349. The largest absolute Gasteiger partial charge is 0.465 e. The number of esters is 1. The number of nitrogen functional groups attached to an aromatic ring is 1. The first-order chi connectivity index (χ1) is 9.19. The van der Waals surface area contributed by atoms with Crippen molar-refractivity contribution in [3.8, 4) is 0 Å². The number of aromatic nitrogens is 1. The minimum atomic E-state index is -0.148. The van der Waals surface area contributed by atoms with Crippen LogP contribution in [-0.2, 0) is 9.53 Å². The molecule has 1 fully saturated rings. The number of carbonyl (C=O) groups excluding carboxylic acids is 1. The molecule has 1 saturated heterocycles. The van der Waals surface area contributed by atoms with Crippen LogP contribution >= 0.6 is 0 Å². The van der Waals surface area contributed by atoms with Crippen LogP contribution in [0.15, 0.2) is 18.3 Å². The highest BCUT2D eigenvalue weighted by atomic mass is 16.5. The zero-order valence-electron chi connectivity index (χ0n) is 11.2. The Bertz CT molecular complexity index is 413. The van der Waals surface area contributed by atoms with Crippen molar-refractivity contribution in [3.63, 3.8) is 0 Å². The maximum absolute atomic E-state index is 11.4. The zero-order chi connectivity index (χ0) is 13.7. The van der Waals surface area contributed by atoms with E-state index in [1.54, 1.807) is 12.3 Å². The molecule has 2 heterocycles. The van der Waals surface area contributed by atoms with E-state index in [9.17, 15) is 4.79 Å². The smallest absolute Gasteiger partial charge is 0.320 e. The number of nitrogens with zero attached hydrogens (tertiary/aromatic N) is 3. The van der Waals surface area contributed by atoms with Crippen molar-refractivity contribution in [3.05, 3.63) is 18.3 Å². The molecular weight excluding hydrogens is 244 g/mol. The third-order valence-electron chi connectivity index (χ3n) is 3.17. The molecule has 0 bridgehead atoms. The fraction of sp³-hybridized carbons (Fsp3) is 0.538. The lowest BCUT2D eigenvalue weighted by atomic mass is 10.2. The van der Waals surface area contributed by atoms with Crippen LogP contribution in [0.2, 0.25) is 0 Å². The van der Waals surface area contributed by atoms with E-state index in [0.717, 1.165) is 31.9 Å². The van der Waals surface area contributed by atoms with Gasteiger partial charge in [0.15, 0.2) is 0 Å². The van der Waals surface area contributed by atoms with Gasteiger partial charge in [0.25, 0.3) is 0 Å². The number of hydrogen-bond donors (Lipinski definition) is 1. The third-order valence-corrected chi connectivity index (χ3v) is 3.17. The topological polar surface area (TPSA) is 71.7 Å². The summed E-state index contributed by atoms with van der Waals surface area (Å²) in [5.41, 5.74) is 6.65. The van der Waals surface area contributed by atoms with Gasteiger partial charge in [-0.05, 0) is 19.1 Å². The average molecular weight is 264 g/mol. The van der Waals surface area contributed by atoms with E-state index < -0.39 is 0 Å². The van der Waals surface area contributed by atoms with E-state index in [0.29, 0.717) is 19.0 Å². The molecule has 0 aliphatic carbocycles. The molecule has 1 aromatic heterocycles. The molecule has 0 amide bonds. The first-order valence-electron chi connectivity index (χ1n) is 6.53. The molecule has 1 aliphatic rings. The molecule has 1 aromatic rings. The van der Waals surface area contributed by atoms with Crippen molar-refractivity contribution in [1.82, 2.24) is 9.88 Å². The Kier molecular flexibility index (Phi) is 4.57. The Morgan fingerprint density at radius 1 is 1.37 bits per heavy atom. The lowest BCUT2D eigenvalue weighted by molar-refractivity contribution is -0.144. The van der Waals surface area contributed by atoms with Crippen LogP contribution in [0.25, 0.3) is 0 Å². The van der Waals surface area contributed by atoms with E-state index in [-0.39, 0.29) is 5.97 Å². The van der Waals surface area contributed by atoms with Crippen molar-refractivity contribution in [2.24, 2.45) is 0 Å². The highest BCUT2D eigenvalue weighted by Crippen LogP contribution is 2.15. The molecule has 2 rings (SSSR count). The number of rotatable bonds is 4. The van der Waals surface area contributed by atoms with Crippen LogP contribution in [0, 0.1) is 0 Å². The van der Waals surface area contributed by atoms with Crippen LogP contribution in [0.3, 0.4) is 0 Å². The minimum Gasteiger partial charge on any atom is -0.465 e. The fourth-order valence-electron chi connectivity index (χ4n) is 2.14. The molecule has 0 unspecified atom stereocenters. The maximum Gasteiger partial charge on any atom is 0.320 e. The molecule has 1 aliphatic heterocycles. The lowest BCUT2D eigenvalue weighted by Crippen LogP contribution is -2.48. The lowest BCUT2D eigenvalue weighted by Gasteiger charge is -2.35. The van der Waals surface area contributed by atoms with Crippen molar-refractivity contribution < 1.29 is 9.53 Å². The van der Waals surface area contributed by atoms with Gasteiger partial charge in [0.05, 0.1) is 25.0 Å². The highest BCUT2D eigenvalue weighted by molar-refractivity contribution is 5.71. The maximum atomic E-state index is 11.4. The third kappa shape index (κ3) is 3.82. The number of piperazine rings is 1. The zero-order valence-corrected chi connectivity index (χ0v) is 11.2. The highest BCUT2D eigenvalue weighted by Gasteiger charge is 2.19. The fourth-order valence-corrected chi connectivity index (χ4v) is 2.14. The summed E-state index contributed by atoms with van der Waals surface area (Å²) in [5, 5.41) is 0. The van der Waals surface area contributed by atoms with Gasteiger partial charge in [-0.15, -0.1) is 0 Å². The van der Waals surface area contributed by atoms with Gasteiger partial charge in [0, 0.05) is 26.2 Å². The summed E-state index contributed by atoms with van der Waals surface area (Å²) in [6.07, 6.45) is 1.79. The summed E-state index contributed by atoms with van der Waals surface area (Å²) in [6.45, 7) is 6.10. The molecule has 19 heavy (non-hydrogen) atoms. The summed E-state index contributed by atoms with van der Waals surface area (Å²) in [6, 6.07) is 3.78. The Balaban J connectivity index is 1.82. The summed E-state index contributed by atoms with van der Waals surface area (Å²) in [5.74, 6) is 0.384. The standard InChI is InChI=1S/C13H20N4O2/c1-2-19-13(18)10-16-5-7-17(8-6-16)11-3-4-12(14)15-9-11/h3-4,9H,2,5-8,10H2,1H3,(H2,14,15).